The SMILES string of the molecule is C[C@]12CCC(=O)C=C1CC[C@@H]1[C@@H]2C(=O)C[C@@]2(C)[C@H]1CC[C@]2(O)C(=O)CS. The molecule has 0 aromatic rings. The Morgan fingerprint density at radius 3 is 2.65 bits per heavy atom. The van der Waals surface area contributed by atoms with Crippen molar-refractivity contribution in [1.29, 1.82) is 0 Å². The minimum atomic E-state index is -1.43. The molecule has 0 unspecified atom stereocenters. The average Bonchev–Trinajstić information content (AvgIpc) is 2.86. The van der Waals surface area contributed by atoms with Gasteiger partial charge >= 0.3 is 0 Å². The summed E-state index contributed by atoms with van der Waals surface area (Å²) in [6, 6.07) is 0. The number of thiol groups is 1. The van der Waals surface area contributed by atoms with Gasteiger partial charge in [-0.3, -0.25) is 14.4 Å². The van der Waals surface area contributed by atoms with E-state index in [1.807, 2.05) is 6.92 Å². The van der Waals surface area contributed by atoms with E-state index in [4.69, 9.17) is 0 Å². The van der Waals surface area contributed by atoms with Crippen molar-refractivity contribution < 1.29 is 19.5 Å². The Morgan fingerprint density at radius 1 is 1.23 bits per heavy atom. The zero-order valence-corrected chi connectivity index (χ0v) is 16.5. The van der Waals surface area contributed by atoms with Crippen molar-refractivity contribution in [3.63, 3.8) is 0 Å². The molecule has 0 heterocycles. The lowest BCUT2D eigenvalue weighted by Gasteiger charge is -2.57. The zero-order valence-electron chi connectivity index (χ0n) is 15.6. The van der Waals surface area contributed by atoms with Crippen LogP contribution in [0.4, 0.5) is 0 Å². The average molecular weight is 377 g/mol. The van der Waals surface area contributed by atoms with Gasteiger partial charge in [0, 0.05) is 24.2 Å². The van der Waals surface area contributed by atoms with Gasteiger partial charge in [-0.25, -0.2) is 0 Å². The standard InChI is InChI=1S/C21H28O4S/c1-19-7-5-13(22)9-12(19)3-4-14-15-6-8-21(25,17(24)11-26)20(15,2)10-16(23)18(14)19/h9,14-15,18,25-26H,3-8,10-11H2,1-2H3/t14-,15-,18+,19-,20-,21-/m0/s1. The number of hydrogen-bond donors (Lipinski definition) is 2. The molecule has 0 spiro atoms. The van der Waals surface area contributed by atoms with Crippen molar-refractivity contribution in [3.05, 3.63) is 11.6 Å². The maximum atomic E-state index is 13.4. The van der Waals surface area contributed by atoms with Crippen molar-refractivity contribution in [2.24, 2.45) is 28.6 Å². The van der Waals surface area contributed by atoms with Crippen molar-refractivity contribution in [1.82, 2.24) is 0 Å². The monoisotopic (exact) mass is 376 g/mol. The third kappa shape index (κ3) is 2.16. The van der Waals surface area contributed by atoms with E-state index in [9.17, 15) is 19.5 Å². The second-order valence-electron chi connectivity index (χ2n) is 9.38. The van der Waals surface area contributed by atoms with Crippen molar-refractivity contribution in [2.45, 2.75) is 64.4 Å². The van der Waals surface area contributed by atoms with Crippen molar-refractivity contribution in [3.8, 4) is 0 Å². The Hall–Kier alpha value is -0.940. The molecular weight excluding hydrogens is 348 g/mol. The van der Waals surface area contributed by atoms with Crippen LogP contribution in [-0.4, -0.2) is 33.8 Å². The molecular formula is C21H28O4S. The van der Waals surface area contributed by atoms with E-state index in [-0.39, 0.29) is 52.7 Å². The van der Waals surface area contributed by atoms with E-state index < -0.39 is 11.0 Å². The summed E-state index contributed by atoms with van der Waals surface area (Å²) in [5, 5.41) is 11.2. The summed E-state index contributed by atoms with van der Waals surface area (Å²) in [5.41, 5.74) is -1.21. The highest BCUT2D eigenvalue weighted by Gasteiger charge is 2.68. The van der Waals surface area contributed by atoms with Gasteiger partial charge in [0.05, 0.1) is 5.75 Å². The van der Waals surface area contributed by atoms with E-state index in [0.29, 0.717) is 12.8 Å². The first kappa shape index (κ1) is 18.4. The van der Waals surface area contributed by atoms with Crippen LogP contribution >= 0.6 is 12.6 Å². The molecule has 4 rings (SSSR count). The molecule has 3 fully saturated rings. The van der Waals surface area contributed by atoms with Gasteiger partial charge in [-0.1, -0.05) is 19.4 Å². The molecule has 0 bridgehead atoms. The summed E-state index contributed by atoms with van der Waals surface area (Å²) in [6.45, 7) is 4.10. The maximum absolute atomic E-state index is 13.4. The second kappa shape index (κ2) is 5.78. The molecule has 5 heteroatoms. The van der Waals surface area contributed by atoms with Gasteiger partial charge in [0.15, 0.2) is 11.6 Å². The van der Waals surface area contributed by atoms with Crippen molar-refractivity contribution in [2.75, 3.05) is 5.75 Å². The molecule has 4 aliphatic carbocycles. The number of rotatable bonds is 2. The Labute approximate surface area is 160 Å². The first-order chi connectivity index (χ1) is 12.2. The van der Waals surface area contributed by atoms with Crippen LogP contribution in [0.15, 0.2) is 11.6 Å². The van der Waals surface area contributed by atoms with E-state index in [1.54, 1.807) is 6.08 Å². The molecule has 3 saturated carbocycles. The molecule has 142 valence electrons. The van der Waals surface area contributed by atoms with Crippen LogP contribution in [0.3, 0.4) is 0 Å². The number of ketones is 3. The molecule has 0 aliphatic heterocycles. The van der Waals surface area contributed by atoms with E-state index in [0.717, 1.165) is 31.3 Å². The van der Waals surface area contributed by atoms with Gasteiger partial charge in [0.1, 0.15) is 11.4 Å². The molecule has 1 N–H and O–H groups in total. The third-order valence-corrected chi connectivity index (χ3v) is 8.70. The second-order valence-corrected chi connectivity index (χ2v) is 9.70. The maximum Gasteiger partial charge on any atom is 0.174 e. The smallest absolute Gasteiger partial charge is 0.174 e. The summed E-state index contributed by atoms with van der Waals surface area (Å²) in [5.74, 6) is 0.397. The van der Waals surface area contributed by atoms with Gasteiger partial charge in [0.25, 0.3) is 0 Å². The molecule has 0 radical (unpaired) electrons. The number of fused-ring (bicyclic) bond motifs is 5. The number of Topliss-reactive ketones (excluding diaryl/α,β-unsaturated/α-hetero) is 2. The fourth-order valence-corrected chi connectivity index (χ4v) is 7.24. The largest absolute Gasteiger partial charge is 0.381 e. The third-order valence-electron chi connectivity index (χ3n) is 8.41. The van der Waals surface area contributed by atoms with Gasteiger partial charge < -0.3 is 5.11 Å². The van der Waals surface area contributed by atoms with Crippen LogP contribution in [0.2, 0.25) is 0 Å². The van der Waals surface area contributed by atoms with E-state index >= 15 is 0 Å². The molecule has 0 aromatic carbocycles. The van der Waals surface area contributed by atoms with Crippen LogP contribution in [0, 0.1) is 28.6 Å². The van der Waals surface area contributed by atoms with Crippen LogP contribution in [0.1, 0.15) is 58.8 Å². The highest BCUT2D eigenvalue weighted by molar-refractivity contribution is 7.81. The van der Waals surface area contributed by atoms with Crippen LogP contribution in [-0.2, 0) is 14.4 Å². The minimum Gasteiger partial charge on any atom is -0.381 e. The quantitative estimate of drug-likeness (QED) is 0.727. The number of aliphatic hydroxyl groups is 1. The molecule has 0 amide bonds. The molecule has 4 aliphatic rings. The lowest BCUT2D eigenvalue weighted by Crippen LogP contribution is -2.60. The molecule has 0 aromatic heterocycles. The van der Waals surface area contributed by atoms with Gasteiger partial charge in [-0.2, -0.15) is 12.6 Å². The lowest BCUT2D eigenvalue weighted by molar-refractivity contribution is -0.167. The number of carbonyl (C=O) groups excluding carboxylic acids is 3. The van der Waals surface area contributed by atoms with Gasteiger partial charge in [0.2, 0.25) is 0 Å². The highest BCUT2D eigenvalue weighted by atomic mass is 32.1. The fraction of sp³-hybridized carbons (Fsp3) is 0.762. The molecule has 0 saturated heterocycles. The summed E-state index contributed by atoms with van der Waals surface area (Å²) in [4.78, 5) is 37.8. The fourth-order valence-electron chi connectivity index (χ4n) is 6.98. The van der Waals surface area contributed by atoms with Crippen molar-refractivity contribution >= 4 is 30.0 Å². The van der Waals surface area contributed by atoms with Crippen LogP contribution in [0.25, 0.3) is 0 Å². The lowest BCUT2D eigenvalue weighted by atomic mass is 9.46. The highest BCUT2D eigenvalue weighted by Crippen LogP contribution is 2.66. The Kier molecular flexibility index (Phi) is 4.09. The first-order valence-electron chi connectivity index (χ1n) is 9.80. The minimum absolute atomic E-state index is 0.00775. The summed E-state index contributed by atoms with van der Waals surface area (Å²) in [7, 11) is 0. The van der Waals surface area contributed by atoms with Crippen LogP contribution in [0.5, 0.6) is 0 Å². The molecule has 26 heavy (non-hydrogen) atoms. The Morgan fingerprint density at radius 2 is 1.96 bits per heavy atom. The Balaban J connectivity index is 1.75. The van der Waals surface area contributed by atoms with E-state index in [1.165, 1.54) is 0 Å². The summed E-state index contributed by atoms with van der Waals surface area (Å²) in [6.07, 6.45) is 6.24. The van der Waals surface area contributed by atoms with Crippen LogP contribution < -0.4 is 0 Å². The Bertz CT molecular complexity index is 728. The predicted octanol–water partition coefficient (Wildman–Crippen LogP) is 2.93. The number of hydrogen-bond acceptors (Lipinski definition) is 5. The molecule has 6 atom stereocenters. The van der Waals surface area contributed by atoms with Gasteiger partial charge in [-0.05, 0) is 55.4 Å². The number of carbonyl (C=O) groups is 3. The van der Waals surface area contributed by atoms with Gasteiger partial charge in [-0.15, -0.1) is 0 Å². The predicted molar refractivity (Wildman–Crippen MR) is 101 cm³/mol. The topological polar surface area (TPSA) is 71.4 Å². The molecule has 4 nitrogen and oxygen atoms in total. The van der Waals surface area contributed by atoms with E-state index in [2.05, 4.69) is 19.6 Å². The number of allylic oxidation sites excluding steroid dienone is 1. The first-order valence-corrected chi connectivity index (χ1v) is 10.4. The zero-order chi connectivity index (χ0) is 18.9. The normalized spacial score (nSPS) is 47.7. The summed E-state index contributed by atoms with van der Waals surface area (Å²) < 4.78 is 0. The summed E-state index contributed by atoms with van der Waals surface area (Å²) >= 11 is 4.10.